The summed E-state index contributed by atoms with van der Waals surface area (Å²) in [7, 11) is 0. The maximum absolute atomic E-state index is 9.48. The molecular formula is C44H26O. The first-order valence-electron chi connectivity index (χ1n) is 19.3. The molecule has 0 bridgehead atoms. The number of hydrogen-bond acceptors (Lipinski definition) is 1. The smallest absolute Gasteiger partial charge is 0.136 e. The summed E-state index contributed by atoms with van der Waals surface area (Å²) in [5.41, 5.74) is 2.64. The molecule has 10 aromatic rings. The van der Waals surface area contributed by atoms with Crippen LogP contribution < -0.4 is 0 Å². The van der Waals surface area contributed by atoms with E-state index in [2.05, 4.69) is 30.3 Å². The van der Waals surface area contributed by atoms with Gasteiger partial charge < -0.3 is 4.42 Å². The lowest BCUT2D eigenvalue weighted by molar-refractivity contribution is 0.669. The van der Waals surface area contributed by atoms with E-state index in [0.29, 0.717) is 5.56 Å². The molecule has 10 rings (SSSR count). The van der Waals surface area contributed by atoms with Gasteiger partial charge in [-0.1, -0.05) is 133 Å². The summed E-state index contributed by atoms with van der Waals surface area (Å²) < 4.78 is 86.2. The Morgan fingerprint density at radius 2 is 0.956 bits per heavy atom. The first-order chi connectivity index (χ1) is 26.1. The van der Waals surface area contributed by atoms with Gasteiger partial charge in [0.2, 0.25) is 0 Å². The van der Waals surface area contributed by atoms with Crippen molar-refractivity contribution in [1.82, 2.24) is 0 Å². The molecule has 0 saturated carbocycles. The molecule has 0 atom stereocenters. The van der Waals surface area contributed by atoms with E-state index in [-0.39, 0.29) is 68.5 Å². The summed E-state index contributed by atoms with van der Waals surface area (Å²) in [6, 6.07) is 31.0. The minimum Gasteiger partial charge on any atom is -0.456 e. The lowest BCUT2D eigenvalue weighted by atomic mass is 9.83. The molecule has 0 radical (unpaired) electrons. The fraction of sp³-hybridized carbons (Fsp3) is 0. The van der Waals surface area contributed by atoms with Crippen molar-refractivity contribution in [2.75, 3.05) is 0 Å². The Kier molecular flexibility index (Phi) is 3.59. The highest BCUT2D eigenvalue weighted by atomic mass is 16.3. The first-order valence-corrected chi connectivity index (χ1v) is 14.8. The molecule has 1 heterocycles. The minimum absolute atomic E-state index is 0.0577. The summed E-state index contributed by atoms with van der Waals surface area (Å²) in [5.74, 6) is 0. The minimum atomic E-state index is -0.531. The van der Waals surface area contributed by atoms with Crippen LogP contribution in [0.2, 0.25) is 0 Å². The van der Waals surface area contributed by atoms with E-state index in [0.717, 1.165) is 54.2 Å². The molecule has 1 aromatic heterocycles. The van der Waals surface area contributed by atoms with Crippen LogP contribution in [0, 0.1) is 0 Å². The quantitative estimate of drug-likeness (QED) is 0.147. The normalized spacial score (nSPS) is 14.8. The molecule has 45 heavy (non-hydrogen) atoms. The van der Waals surface area contributed by atoms with Gasteiger partial charge in [0.15, 0.2) is 0 Å². The Balaban J connectivity index is 1.44. The molecule has 1 heteroatoms. The highest BCUT2D eigenvalue weighted by Gasteiger charge is 2.21. The number of rotatable bonds is 2. The van der Waals surface area contributed by atoms with Crippen LogP contribution >= 0.6 is 0 Å². The number of fused-ring (bicyclic) bond motifs is 9. The largest absolute Gasteiger partial charge is 0.456 e. The summed E-state index contributed by atoms with van der Waals surface area (Å²) in [5, 5.41) is 7.68. The first kappa shape index (κ1) is 17.4. The fourth-order valence-corrected chi connectivity index (χ4v) is 7.05. The summed E-state index contributed by atoms with van der Waals surface area (Å²) >= 11 is 0. The third-order valence-corrected chi connectivity index (χ3v) is 8.92. The molecule has 9 aromatic carbocycles. The van der Waals surface area contributed by atoms with E-state index in [1.54, 1.807) is 0 Å². The number of hydrogen-bond donors (Lipinski definition) is 0. The highest BCUT2D eigenvalue weighted by molar-refractivity contribution is 6.28. The van der Waals surface area contributed by atoms with Crippen LogP contribution in [0.4, 0.5) is 0 Å². The predicted octanol–water partition coefficient (Wildman–Crippen LogP) is 12.7. The lowest BCUT2D eigenvalue weighted by Crippen LogP contribution is -1.92. The maximum Gasteiger partial charge on any atom is 0.136 e. The van der Waals surface area contributed by atoms with Crippen LogP contribution in [-0.2, 0) is 0 Å². The van der Waals surface area contributed by atoms with Gasteiger partial charge >= 0.3 is 0 Å². The third kappa shape index (κ3) is 3.50. The summed E-state index contributed by atoms with van der Waals surface area (Å²) in [4.78, 5) is 0. The zero-order valence-electron chi connectivity index (χ0n) is 32.7. The molecular weight excluding hydrogens is 544 g/mol. The van der Waals surface area contributed by atoms with Crippen molar-refractivity contribution in [2.24, 2.45) is 0 Å². The molecule has 0 unspecified atom stereocenters. The third-order valence-electron chi connectivity index (χ3n) is 8.92. The topological polar surface area (TPSA) is 13.1 Å². The van der Waals surface area contributed by atoms with Crippen LogP contribution in [0.5, 0.6) is 0 Å². The van der Waals surface area contributed by atoms with Gasteiger partial charge in [0.1, 0.15) is 11.2 Å². The Labute approximate surface area is 272 Å². The number of furan rings is 1. The van der Waals surface area contributed by atoms with Gasteiger partial charge in [0, 0.05) is 10.8 Å². The molecule has 0 amide bonds. The average molecular weight is 580 g/mol. The fourth-order valence-electron chi connectivity index (χ4n) is 7.05. The van der Waals surface area contributed by atoms with Crippen LogP contribution in [0.15, 0.2) is 162 Å². The molecule has 0 aliphatic carbocycles. The highest BCUT2D eigenvalue weighted by Crippen LogP contribution is 2.48. The second kappa shape index (κ2) is 9.29. The van der Waals surface area contributed by atoms with Gasteiger partial charge in [-0.15, -0.1) is 0 Å². The van der Waals surface area contributed by atoms with Crippen molar-refractivity contribution in [3.8, 4) is 22.3 Å². The second-order valence-electron chi connectivity index (χ2n) is 11.3. The van der Waals surface area contributed by atoms with Crippen LogP contribution in [-0.4, -0.2) is 0 Å². The lowest BCUT2D eigenvalue weighted by Gasteiger charge is -2.20. The zero-order valence-corrected chi connectivity index (χ0v) is 23.7. The summed E-state index contributed by atoms with van der Waals surface area (Å²) in [6.07, 6.45) is 0. The van der Waals surface area contributed by atoms with Gasteiger partial charge in [-0.25, -0.2) is 0 Å². The van der Waals surface area contributed by atoms with E-state index in [1.165, 1.54) is 0 Å². The average Bonchev–Trinajstić information content (AvgIpc) is 3.60. The van der Waals surface area contributed by atoms with Crippen LogP contribution in [0.1, 0.15) is 12.3 Å². The Morgan fingerprint density at radius 1 is 0.400 bits per heavy atom. The standard InChI is InChI=1S/C44H26O/c1-2-13-28-26-41-39(24-27(28)12-1)44-37(22-11-23-40(44)45-41)42-33-18-7-9-20-35(33)43(36-21-10-8-19-34(36)42)38-25-29-14-3-4-15-30(29)31-16-5-6-17-32(31)38/h1-26H/i1D,2D,11D,12D,13D,22D,23D,24D,26D. The molecule has 0 aliphatic rings. The van der Waals surface area contributed by atoms with E-state index in [9.17, 15) is 2.74 Å². The molecule has 208 valence electrons. The van der Waals surface area contributed by atoms with Crippen LogP contribution in [0.25, 0.3) is 98.1 Å². The van der Waals surface area contributed by atoms with Crippen molar-refractivity contribution in [3.05, 3.63) is 158 Å². The van der Waals surface area contributed by atoms with E-state index in [4.69, 9.17) is 14.0 Å². The van der Waals surface area contributed by atoms with Crippen molar-refractivity contribution >= 4 is 75.8 Å². The molecule has 0 spiro atoms. The Morgan fingerprint density at radius 3 is 1.64 bits per heavy atom. The molecule has 0 saturated heterocycles. The molecule has 0 fully saturated rings. The van der Waals surface area contributed by atoms with Crippen LogP contribution in [0.3, 0.4) is 0 Å². The van der Waals surface area contributed by atoms with Gasteiger partial charge in [-0.05, 0) is 100 Å². The van der Waals surface area contributed by atoms with Crippen molar-refractivity contribution < 1.29 is 16.8 Å². The van der Waals surface area contributed by atoms with Gasteiger partial charge in [0.05, 0.1) is 12.3 Å². The van der Waals surface area contributed by atoms with E-state index < -0.39 is 24.2 Å². The predicted molar refractivity (Wildman–Crippen MR) is 192 cm³/mol. The maximum atomic E-state index is 9.48. The molecule has 0 N–H and O–H groups in total. The molecule has 0 aliphatic heterocycles. The van der Waals surface area contributed by atoms with Crippen molar-refractivity contribution in [2.45, 2.75) is 0 Å². The Bertz CT molecular complexity index is 3270. The SMILES string of the molecule is [2H]c1c([2H])c(-c2c3ccccc3c(-c3cc4ccccc4c4ccccc34)c3ccccc23)c2c(oc3c([2H])c4c([2H])c([2H])c([2H])c([2H])c4c([2H])c32)c1[2H]. The second-order valence-corrected chi connectivity index (χ2v) is 11.3. The molecule has 1 nitrogen and oxygen atoms in total. The van der Waals surface area contributed by atoms with Crippen molar-refractivity contribution in [1.29, 1.82) is 0 Å². The van der Waals surface area contributed by atoms with Gasteiger partial charge in [0.25, 0.3) is 0 Å². The van der Waals surface area contributed by atoms with Gasteiger partial charge in [-0.2, -0.15) is 0 Å². The van der Waals surface area contributed by atoms with Gasteiger partial charge in [-0.3, -0.25) is 0 Å². The van der Waals surface area contributed by atoms with E-state index >= 15 is 0 Å². The van der Waals surface area contributed by atoms with Crippen molar-refractivity contribution in [3.63, 3.8) is 0 Å². The summed E-state index contributed by atoms with van der Waals surface area (Å²) in [6.45, 7) is 0. The Hall–Kier alpha value is -5.92. The monoisotopic (exact) mass is 579 g/mol. The number of benzene rings is 9. The zero-order chi connectivity index (χ0) is 37.3. The van der Waals surface area contributed by atoms with E-state index in [1.807, 2.05) is 72.8 Å².